The van der Waals surface area contributed by atoms with E-state index in [1.165, 1.54) is 0 Å². The van der Waals surface area contributed by atoms with E-state index in [4.69, 9.17) is 10.5 Å². The molecule has 0 radical (unpaired) electrons. The molecule has 0 bridgehead atoms. The molecule has 4 nitrogen and oxygen atoms in total. The van der Waals surface area contributed by atoms with Gasteiger partial charge in [-0.1, -0.05) is 6.92 Å². The Bertz CT molecular complexity index is 319. The third-order valence-electron chi connectivity index (χ3n) is 3.55. The molecule has 1 amide bonds. The average Bonchev–Trinajstić information content (AvgIpc) is 2.28. The van der Waals surface area contributed by atoms with E-state index in [2.05, 4.69) is 5.32 Å². The van der Waals surface area contributed by atoms with E-state index in [1.54, 1.807) is 0 Å². The molecule has 1 aliphatic carbocycles. The molecule has 19 heavy (non-hydrogen) atoms. The molecule has 3 unspecified atom stereocenters. The fourth-order valence-electron chi connectivity index (χ4n) is 2.52. The summed E-state index contributed by atoms with van der Waals surface area (Å²) < 4.78 is 42.4. The van der Waals surface area contributed by atoms with Gasteiger partial charge in [-0.25, -0.2) is 0 Å². The number of carbonyl (C=O) groups is 1. The molecule has 1 rings (SSSR count). The molecule has 7 heteroatoms. The Morgan fingerprint density at radius 1 is 1.58 bits per heavy atom. The van der Waals surface area contributed by atoms with Crippen molar-refractivity contribution in [2.45, 2.75) is 63.5 Å². The van der Waals surface area contributed by atoms with Crippen LogP contribution in [0.15, 0.2) is 0 Å². The van der Waals surface area contributed by atoms with Crippen LogP contribution in [0.2, 0.25) is 0 Å². The SMILES string of the molecule is CCNC1(C(N)=O)CCCC(OC(C)C(F)(F)F)C1. The smallest absolute Gasteiger partial charge is 0.368 e. The van der Waals surface area contributed by atoms with Crippen LogP contribution in [0.1, 0.15) is 39.5 Å². The van der Waals surface area contributed by atoms with Gasteiger partial charge < -0.3 is 15.8 Å². The second kappa shape index (κ2) is 6.09. The third-order valence-corrected chi connectivity index (χ3v) is 3.55. The number of ether oxygens (including phenoxy) is 1. The summed E-state index contributed by atoms with van der Waals surface area (Å²) in [5, 5.41) is 3.00. The number of amides is 1. The Morgan fingerprint density at radius 2 is 2.21 bits per heavy atom. The number of nitrogens with two attached hydrogens (primary N) is 1. The fraction of sp³-hybridized carbons (Fsp3) is 0.917. The summed E-state index contributed by atoms with van der Waals surface area (Å²) in [4.78, 5) is 11.6. The highest BCUT2D eigenvalue weighted by molar-refractivity contribution is 5.84. The van der Waals surface area contributed by atoms with Crippen LogP contribution < -0.4 is 11.1 Å². The maximum Gasteiger partial charge on any atom is 0.414 e. The van der Waals surface area contributed by atoms with E-state index >= 15 is 0 Å². The zero-order chi connectivity index (χ0) is 14.7. The van der Waals surface area contributed by atoms with Crippen LogP contribution in [0.3, 0.4) is 0 Å². The van der Waals surface area contributed by atoms with Crippen LogP contribution in [0.5, 0.6) is 0 Å². The molecule has 0 aromatic heterocycles. The average molecular weight is 282 g/mol. The zero-order valence-electron chi connectivity index (χ0n) is 11.2. The molecular formula is C12H21F3N2O2. The minimum absolute atomic E-state index is 0.191. The van der Waals surface area contributed by atoms with Crippen LogP contribution in [0.4, 0.5) is 13.2 Å². The van der Waals surface area contributed by atoms with Gasteiger partial charge in [0, 0.05) is 6.42 Å². The number of halogens is 3. The van der Waals surface area contributed by atoms with E-state index in [9.17, 15) is 18.0 Å². The van der Waals surface area contributed by atoms with Crippen molar-refractivity contribution < 1.29 is 22.7 Å². The van der Waals surface area contributed by atoms with Crippen molar-refractivity contribution in [1.82, 2.24) is 5.32 Å². The number of carbonyl (C=O) groups excluding carboxylic acids is 1. The number of primary amides is 1. The number of hydrogen-bond donors (Lipinski definition) is 2. The molecule has 1 aliphatic rings. The van der Waals surface area contributed by atoms with Gasteiger partial charge in [-0.05, 0) is 32.7 Å². The predicted octanol–water partition coefficient (Wildman–Crippen LogP) is 1.73. The molecule has 0 aromatic rings. The minimum atomic E-state index is -4.38. The van der Waals surface area contributed by atoms with E-state index in [0.717, 1.165) is 6.92 Å². The quantitative estimate of drug-likeness (QED) is 0.807. The van der Waals surface area contributed by atoms with Crippen LogP contribution in [0, 0.1) is 0 Å². The Hall–Kier alpha value is -0.820. The molecule has 0 saturated heterocycles. The number of rotatable bonds is 5. The number of likely N-dealkylation sites (N-methyl/N-ethyl adjacent to an activating group) is 1. The van der Waals surface area contributed by atoms with Crippen molar-refractivity contribution in [1.29, 1.82) is 0 Å². The number of hydrogen-bond acceptors (Lipinski definition) is 3. The van der Waals surface area contributed by atoms with Gasteiger partial charge in [0.1, 0.15) is 5.54 Å². The summed E-state index contributed by atoms with van der Waals surface area (Å²) in [6.45, 7) is 3.34. The highest BCUT2D eigenvalue weighted by atomic mass is 19.4. The van der Waals surface area contributed by atoms with Crippen molar-refractivity contribution >= 4 is 5.91 Å². The second-order valence-corrected chi connectivity index (χ2v) is 5.01. The molecule has 3 N–H and O–H groups in total. The van der Waals surface area contributed by atoms with Gasteiger partial charge >= 0.3 is 6.18 Å². The second-order valence-electron chi connectivity index (χ2n) is 5.01. The molecule has 0 aliphatic heterocycles. The fourth-order valence-corrected chi connectivity index (χ4v) is 2.52. The van der Waals surface area contributed by atoms with E-state index in [0.29, 0.717) is 25.8 Å². The first-order chi connectivity index (χ1) is 8.71. The summed E-state index contributed by atoms with van der Waals surface area (Å²) in [5.74, 6) is -0.526. The lowest BCUT2D eigenvalue weighted by molar-refractivity contribution is -0.231. The zero-order valence-corrected chi connectivity index (χ0v) is 11.2. The van der Waals surface area contributed by atoms with Gasteiger partial charge in [0.25, 0.3) is 0 Å². The lowest BCUT2D eigenvalue weighted by Gasteiger charge is -2.39. The summed E-state index contributed by atoms with van der Waals surface area (Å²) in [7, 11) is 0. The lowest BCUT2D eigenvalue weighted by atomic mass is 9.79. The first kappa shape index (κ1) is 16.2. The van der Waals surface area contributed by atoms with Gasteiger partial charge in [0.2, 0.25) is 5.91 Å². The molecule has 1 saturated carbocycles. The Kier molecular flexibility index (Phi) is 5.20. The lowest BCUT2D eigenvalue weighted by Crippen LogP contribution is -2.59. The van der Waals surface area contributed by atoms with Crippen molar-refractivity contribution in [2.75, 3.05) is 6.54 Å². The van der Waals surface area contributed by atoms with Crippen LogP contribution in [-0.2, 0) is 9.53 Å². The molecule has 0 aromatic carbocycles. The van der Waals surface area contributed by atoms with Gasteiger partial charge in [-0.2, -0.15) is 13.2 Å². The number of nitrogens with one attached hydrogen (secondary N) is 1. The van der Waals surface area contributed by atoms with Gasteiger partial charge in [0.05, 0.1) is 6.10 Å². The Labute approximate surface area is 110 Å². The highest BCUT2D eigenvalue weighted by Crippen LogP contribution is 2.33. The van der Waals surface area contributed by atoms with Crippen LogP contribution in [0.25, 0.3) is 0 Å². The van der Waals surface area contributed by atoms with Crippen molar-refractivity contribution in [2.24, 2.45) is 5.73 Å². The van der Waals surface area contributed by atoms with E-state index in [1.807, 2.05) is 6.92 Å². The van der Waals surface area contributed by atoms with Gasteiger partial charge in [-0.15, -0.1) is 0 Å². The first-order valence-corrected chi connectivity index (χ1v) is 6.48. The summed E-state index contributed by atoms with van der Waals surface area (Å²) in [6.07, 6.45) is -4.95. The highest BCUT2D eigenvalue weighted by Gasteiger charge is 2.44. The molecule has 0 spiro atoms. The van der Waals surface area contributed by atoms with E-state index in [-0.39, 0.29) is 6.42 Å². The molecule has 112 valence electrons. The number of alkyl halides is 3. The van der Waals surface area contributed by atoms with Crippen molar-refractivity contribution in [3.05, 3.63) is 0 Å². The normalized spacial score (nSPS) is 30.1. The molecule has 3 atom stereocenters. The van der Waals surface area contributed by atoms with E-state index < -0.39 is 29.8 Å². The predicted molar refractivity (Wildman–Crippen MR) is 64.5 cm³/mol. The monoisotopic (exact) mass is 282 g/mol. The third kappa shape index (κ3) is 4.07. The van der Waals surface area contributed by atoms with Gasteiger partial charge in [0.15, 0.2) is 6.10 Å². The summed E-state index contributed by atoms with van der Waals surface area (Å²) in [5.41, 5.74) is 4.45. The molecular weight excluding hydrogens is 261 g/mol. The maximum atomic E-state index is 12.5. The minimum Gasteiger partial charge on any atom is -0.368 e. The Morgan fingerprint density at radius 3 is 2.68 bits per heavy atom. The molecule has 0 heterocycles. The molecule has 1 fully saturated rings. The maximum absolute atomic E-state index is 12.5. The topological polar surface area (TPSA) is 64.3 Å². The summed E-state index contributed by atoms with van der Waals surface area (Å²) >= 11 is 0. The summed E-state index contributed by atoms with van der Waals surface area (Å²) in [6, 6.07) is 0. The van der Waals surface area contributed by atoms with Crippen molar-refractivity contribution in [3.63, 3.8) is 0 Å². The van der Waals surface area contributed by atoms with Crippen LogP contribution >= 0.6 is 0 Å². The Balaban J connectivity index is 2.70. The van der Waals surface area contributed by atoms with Crippen LogP contribution in [-0.4, -0.2) is 36.4 Å². The van der Waals surface area contributed by atoms with Gasteiger partial charge in [-0.3, -0.25) is 4.79 Å². The first-order valence-electron chi connectivity index (χ1n) is 6.48. The standard InChI is InChI=1S/C12H21F3N2O2/c1-3-17-11(10(16)18)6-4-5-9(7-11)19-8(2)12(13,14)15/h8-9,17H,3-7H2,1-2H3,(H2,16,18). The largest absolute Gasteiger partial charge is 0.414 e. The van der Waals surface area contributed by atoms with Crippen molar-refractivity contribution in [3.8, 4) is 0 Å².